The third-order valence-corrected chi connectivity index (χ3v) is 3.41. The van der Waals surface area contributed by atoms with E-state index in [9.17, 15) is 0 Å². The predicted octanol–water partition coefficient (Wildman–Crippen LogP) is 2.81. The summed E-state index contributed by atoms with van der Waals surface area (Å²) in [6, 6.07) is 0.396. The zero-order chi connectivity index (χ0) is 14.3. The molecule has 0 spiro atoms. The molecule has 0 saturated carbocycles. The van der Waals surface area contributed by atoms with Gasteiger partial charge in [-0.05, 0) is 12.8 Å². The summed E-state index contributed by atoms with van der Waals surface area (Å²) in [5, 5.41) is 3.51. The van der Waals surface area contributed by atoms with Gasteiger partial charge < -0.3 is 15.0 Å². The first-order chi connectivity index (χ1) is 9.17. The van der Waals surface area contributed by atoms with Crippen molar-refractivity contribution in [2.75, 3.05) is 37.5 Å². The molecule has 0 bridgehead atoms. The van der Waals surface area contributed by atoms with E-state index >= 15 is 0 Å². The van der Waals surface area contributed by atoms with E-state index in [0.717, 1.165) is 25.2 Å². The molecule has 1 aromatic rings. The Hall–Kier alpha value is -1.07. The maximum Gasteiger partial charge on any atom is 0.224 e. The molecule has 0 radical (unpaired) electrons. The van der Waals surface area contributed by atoms with Crippen LogP contribution >= 0.6 is 11.6 Å². The van der Waals surface area contributed by atoms with Crippen molar-refractivity contribution < 1.29 is 4.74 Å². The number of aromatic nitrogens is 2. The van der Waals surface area contributed by atoms with Crippen LogP contribution in [0.3, 0.4) is 0 Å². The molecule has 0 unspecified atom stereocenters. The Morgan fingerprint density at radius 3 is 2.63 bits per heavy atom. The van der Waals surface area contributed by atoms with Crippen LogP contribution in [-0.4, -0.2) is 43.3 Å². The van der Waals surface area contributed by atoms with Crippen LogP contribution in [0.5, 0.6) is 0 Å². The van der Waals surface area contributed by atoms with Crippen molar-refractivity contribution in [3.05, 3.63) is 11.2 Å². The molecular formula is C13H23ClN4O. The Balaban J connectivity index is 3.07. The number of halogens is 1. The van der Waals surface area contributed by atoms with E-state index in [1.54, 1.807) is 20.4 Å². The first-order valence-electron chi connectivity index (χ1n) is 6.63. The Kier molecular flexibility index (Phi) is 6.87. The van der Waals surface area contributed by atoms with Gasteiger partial charge in [-0.25, -0.2) is 4.98 Å². The highest BCUT2D eigenvalue weighted by molar-refractivity contribution is 6.32. The first-order valence-corrected chi connectivity index (χ1v) is 7.01. The quantitative estimate of drug-likeness (QED) is 0.796. The fourth-order valence-corrected chi connectivity index (χ4v) is 2.26. The number of methoxy groups -OCH3 is 1. The molecule has 0 aliphatic rings. The average molecular weight is 287 g/mol. The summed E-state index contributed by atoms with van der Waals surface area (Å²) in [6.45, 7) is 5.75. The van der Waals surface area contributed by atoms with Crippen molar-refractivity contribution in [1.29, 1.82) is 0 Å². The van der Waals surface area contributed by atoms with Gasteiger partial charge in [-0.3, -0.25) is 0 Å². The van der Waals surface area contributed by atoms with Gasteiger partial charge in [0.05, 0.1) is 12.8 Å². The molecule has 1 heterocycles. The standard InChI is InChI=1S/C13H23ClN4O/c1-5-10(6-2)18(7-8-19-4)12-11(14)9-16-13(15-3)17-12/h9-10H,5-8H2,1-4H3,(H,15,16,17). The van der Waals surface area contributed by atoms with Crippen LogP contribution in [-0.2, 0) is 4.74 Å². The molecule has 0 aromatic carbocycles. The Labute approximate surface area is 120 Å². The maximum absolute atomic E-state index is 6.25. The van der Waals surface area contributed by atoms with E-state index in [4.69, 9.17) is 16.3 Å². The topological polar surface area (TPSA) is 50.3 Å². The lowest BCUT2D eigenvalue weighted by Gasteiger charge is -2.32. The molecule has 108 valence electrons. The summed E-state index contributed by atoms with van der Waals surface area (Å²) in [5.41, 5.74) is 0. The van der Waals surface area contributed by atoms with Gasteiger partial charge in [0, 0.05) is 26.7 Å². The van der Waals surface area contributed by atoms with Gasteiger partial charge in [0.2, 0.25) is 5.95 Å². The summed E-state index contributed by atoms with van der Waals surface area (Å²) in [4.78, 5) is 10.8. The van der Waals surface area contributed by atoms with Crippen molar-refractivity contribution in [2.45, 2.75) is 32.7 Å². The number of hydrogen-bond donors (Lipinski definition) is 1. The second kappa shape index (κ2) is 8.17. The van der Waals surface area contributed by atoms with E-state index in [1.165, 1.54) is 0 Å². The third-order valence-electron chi connectivity index (χ3n) is 3.14. The summed E-state index contributed by atoms with van der Waals surface area (Å²) in [7, 11) is 3.50. The van der Waals surface area contributed by atoms with Gasteiger partial charge in [-0.15, -0.1) is 0 Å². The summed E-state index contributed by atoms with van der Waals surface area (Å²) >= 11 is 6.25. The monoisotopic (exact) mass is 286 g/mol. The average Bonchev–Trinajstić information content (AvgIpc) is 2.44. The van der Waals surface area contributed by atoms with E-state index in [1.807, 2.05) is 0 Å². The molecule has 0 aliphatic carbocycles. The number of nitrogens with zero attached hydrogens (tertiary/aromatic N) is 3. The number of nitrogens with one attached hydrogen (secondary N) is 1. The van der Waals surface area contributed by atoms with Gasteiger partial charge in [0.15, 0.2) is 5.82 Å². The van der Waals surface area contributed by atoms with Crippen LogP contribution in [0, 0.1) is 0 Å². The van der Waals surface area contributed by atoms with E-state index < -0.39 is 0 Å². The van der Waals surface area contributed by atoms with Gasteiger partial charge >= 0.3 is 0 Å². The van der Waals surface area contributed by atoms with Crippen LogP contribution in [0.25, 0.3) is 0 Å². The molecule has 0 saturated heterocycles. The lowest BCUT2D eigenvalue weighted by atomic mass is 10.1. The molecule has 5 nitrogen and oxygen atoms in total. The van der Waals surface area contributed by atoms with Crippen LogP contribution in [0.1, 0.15) is 26.7 Å². The Morgan fingerprint density at radius 2 is 2.11 bits per heavy atom. The van der Waals surface area contributed by atoms with Crippen LogP contribution in [0.2, 0.25) is 5.02 Å². The van der Waals surface area contributed by atoms with Crippen molar-refractivity contribution in [3.8, 4) is 0 Å². The van der Waals surface area contributed by atoms with E-state index in [-0.39, 0.29) is 0 Å². The minimum absolute atomic E-state index is 0.396. The number of ether oxygens (including phenoxy) is 1. The number of anilines is 2. The van der Waals surface area contributed by atoms with Crippen LogP contribution < -0.4 is 10.2 Å². The normalized spacial score (nSPS) is 10.8. The number of hydrogen-bond acceptors (Lipinski definition) is 5. The lowest BCUT2D eigenvalue weighted by Crippen LogP contribution is -2.38. The summed E-state index contributed by atoms with van der Waals surface area (Å²) < 4.78 is 5.19. The highest BCUT2D eigenvalue weighted by Crippen LogP contribution is 2.27. The SMILES string of the molecule is CCC(CC)N(CCOC)c1nc(NC)ncc1Cl. The van der Waals surface area contributed by atoms with Crippen molar-refractivity contribution >= 4 is 23.4 Å². The molecule has 0 amide bonds. The Morgan fingerprint density at radius 1 is 1.42 bits per heavy atom. The minimum atomic E-state index is 0.396. The zero-order valence-corrected chi connectivity index (χ0v) is 12.9. The smallest absolute Gasteiger partial charge is 0.224 e. The van der Waals surface area contributed by atoms with Crippen LogP contribution in [0.4, 0.5) is 11.8 Å². The fraction of sp³-hybridized carbons (Fsp3) is 0.692. The highest BCUT2D eigenvalue weighted by atomic mass is 35.5. The highest BCUT2D eigenvalue weighted by Gasteiger charge is 2.20. The van der Waals surface area contributed by atoms with Gasteiger partial charge in [-0.1, -0.05) is 25.4 Å². The van der Waals surface area contributed by atoms with Crippen molar-refractivity contribution in [3.63, 3.8) is 0 Å². The molecule has 0 fully saturated rings. The summed E-state index contributed by atoms with van der Waals surface area (Å²) in [6.07, 6.45) is 3.71. The van der Waals surface area contributed by atoms with Gasteiger partial charge in [0.1, 0.15) is 5.02 Å². The van der Waals surface area contributed by atoms with Crippen molar-refractivity contribution in [1.82, 2.24) is 9.97 Å². The van der Waals surface area contributed by atoms with E-state index in [0.29, 0.717) is 23.6 Å². The molecule has 1 rings (SSSR count). The summed E-state index contributed by atoms with van der Waals surface area (Å²) in [5.74, 6) is 1.35. The first kappa shape index (κ1) is 16.0. The predicted molar refractivity (Wildman–Crippen MR) is 80.2 cm³/mol. The minimum Gasteiger partial charge on any atom is -0.383 e. The molecule has 6 heteroatoms. The molecule has 19 heavy (non-hydrogen) atoms. The molecule has 1 N–H and O–H groups in total. The number of rotatable bonds is 8. The lowest BCUT2D eigenvalue weighted by molar-refractivity contribution is 0.202. The van der Waals surface area contributed by atoms with E-state index in [2.05, 4.69) is 34.0 Å². The van der Waals surface area contributed by atoms with Crippen molar-refractivity contribution in [2.24, 2.45) is 0 Å². The second-order valence-electron chi connectivity index (χ2n) is 4.27. The molecule has 0 aliphatic heterocycles. The molecule has 0 atom stereocenters. The Bertz CT molecular complexity index is 385. The molecular weight excluding hydrogens is 264 g/mol. The van der Waals surface area contributed by atoms with Gasteiger partial charge in [-0.2, -0.15) is 4.98 Å². The second-order valence-corrected chi connectivity index (χ2v) is 4.68. The van der Waals surface area contributed by atoms with Crippen LogP contribution in [0.15, 0.2) is 6.20 Å². The maximum atomic E-state index is 6.25. The third kappa shape index (κ3) is 4.21. The molecule has 1 aromatic heterocycles. The fourth-order valence-electron chi connectivity index (χ4n) is 2.06. The van der Waals surface area contributed by atoms with Gasteiger partial charge in [0.25, 0.3) is 0 Å². The largest absolute Gasteiger partial charge is 0.383 e. The zero-order valence-electron chi connectivity index (χ0n) is 12.1.